The van der Waals surface area contributed by atoms with Gasteiger partial charge in [-0.15, -0.1) is 0 Å². The van der Waals surface area contributed by atoms with Crippen molar-refractivity contribution in [3.05, 3.63) is 24.3 Å². The molecular weight excluding hydrogens is 823 g/mol. The molecule has 0 radical (unpaired) electrons. The molecule has 14 nitrogen and oxygen atoms in total. The normalized spacial score (nSPS) is 27.4. The molecule has 12 atom stereocenters. The average molecular weight is 916 g/mol. The number of ether oxygens (including phenoxy) is 4. The van der Waals surface area contributed by atoms with Crippen molar-refractivity contribution in [3.8, 4) is 0 Å². The number of allylic oxidation sites excluding steroid dienone is 3. The molecule has 0 aliphatic carbocycles. The fraction of sp³-hybridized carbons (Fsp3) is 0.900. The van der Waals surface area contributed by atoms with Crippen LogP contribution in [-0.2, 0) is 23.7 Å². The van der Waals surface area contributed by atoms with Crippen molar-refractivity contribution in [1.29, 1.82) is 0 Å². The minimum atomic E-state index is -1.79. The van der Waals surface area contributed by atoms with Gasteiger partial charge in [-0.3, -0.25) is 4.79 Å². The second-order valence-electron chi connectivity index (χ2n) is 18.3. The van der Waals surface area contributed by atoms with Crippen molar-refractivity contribution in [2.45, 2.75) is 267 Å². The van der Waals surface area contributed by atoms with Crippen LogP contribution in [0, 0.1) is 0 Å². The predicted molar refractivity (Wildman–Crippen MR) is 249 cm³/mol. The monoisotopic (exact) mass is 916 g/mol. The van der Waals surface area contributed by atoms with Crippen LogP contribution in [0.2, 0.25) is 0 Å². The van der Waals surface area contributed by atoms with Gasteiger partial charge in [-0.2, -0.15) is 0 Å². The summed E-state index contributed by atoms with van der Waals surface area (Å²) in [6.45, 7) is 2.58. The van der Waals surface area contributed by atoms with Gasteiger partial charge in [0.2, 0.25) is 5.91 Å². The van der Waals surface area contributed by atoms with Gasteiger partial charge in [0.15, 0.2) is 12.6 Å². The molecule has 14 heteroatoms. The van der Waals surface area contributed by atoms with Gasteiger partial charge in [-0.1, -0.05) is 179 Å². The Morgan fingerprint density at radius 2 is 1.00 bits per heavy atom. The first-order valence-electron chi connectivity index (χ1n) is 25.6. The number of rotatable bonds is 39. The van der Waals surface area contributed by atoms with Crippen molar-refractivity contribution in [2.24, 2.45) is 0 Å². The van der Waals surface area contributed by atoms with E-state index in [1.165, 1.54) is 135 Å². The van der Waals surface area contributed by atoms with Crippen LogP contribution in [0.15, 0.2) is 24.3 Å². The van der Waals surface area contributed by atoms with E-state index in [4.69, 9.17) is 18.9 Å². The maximum absolute atomic E-state index is 12.8. The lowest BCUT2D eigenvalue weighted by Crippen LogP contribution is -2.65. The highest BCUT2D eigenvalue weighted by Gasteiger charge is 2.51. The fourth-order valence-electron chi connectivity index (χ4n) is 8.42. The third-order valence-corrected chi connectivity index (χ3v) is 12.6. The highest BCUT2D eigenvalue weighted by Crippen LogP contribution is 2.30. The molecule has 0 spiro atoms. The number of carbonyl (C=O) groups is 1. The zero-order chi connectivity index (χ0) is 46.8. The van der Waals surface area contributed by atoms with Crippen LogP contribution < -0.4 is 5.32 Å². The summed E-state index contributed by atoms with van der Waals surface area (Å²) in [7, 11) is 0. The number of aliphatic hydroxyl groups excluding tert-OH is 8. The van der Waals surface area contributed by atoms with Crippen LogP contribution in [0.25, 0.3) is 0 Å². The molecule has 0 bridgehead atoms. The van der Waals surface area contributed by atoms with Gasteiger partial charge in [0, 0.05) is 6.42 Å². The van der Waals surface area contributed by atoms with Crippen LogP contribution in [0.3, 0.4) is 0 Å². The molecule has 0 saturated carbocycles. The maximum atomic E-state index is 12.8. The smallest absolute Gasteiger partial charge is 0.220 e. The van der Waals surface area contributed by atoms with E-state index in [2.05, 4.69) is 24.4 Å². The fourth-order valence-corrected chi connectivity index (χ4v) is 8.42. The zero-order valence-electron chi connectivity index (χ0n) is 39.8. The first kappa shape index (κ1) is 58.6. The van der Waals surface area contributed by atoms with E-state index in [9.17, 15) is 45.6 Å². The topological polar surface area (TPSA) is 228 Å². The van der Waals surface area contributed by atoms with Crippen LogP contribution in [0.4, 0.5) is 0 Å². The maximum Gasteiger partial charge on any atom is 0.220 e. The molecule has 64 heavy (non-hydrogen) atoms. The Bertz CT molecular complexity index is 1170. The Hall–Kier alpha value is -1.53. The van der Waals surface area contributed by atoms with E-state index in [1.54, 1.807) is 6.08 Å². The third kappa shape index (κ3) is 24.5. The molecule has 376 valence electrons. The van der Waals surface area contributed by atoms with Gasteiger partial charge >= 0.3 is 0 Å². The minimum Gasteiger partial charge on any atom is -0.394 e. The summed E-state index contributed by atoms with van der Waals surface area (Å²) in [6, 6.07) is -0.923. The molecule has 0 aromatic heterocycles. The second-order valence-corrected chi connectivity index (χ2v) is 18.3. The van der Waals surface area contributed by atoms with Crippen LogP contribution in [0.5, 0.6) is 0 Å². The van der Waals surface area contributed by atoms with Crippen molar-refractivity contribution < 1.29 is 64.6 Å². The van der Waals surface area contributed by atoms with E-state index >= 15 is 0 Å². The molecular formula is C50H93NO13. The lowest BCUT2D eigenvalue weighted by atomic mass is 9.97. The molecule has 2 aliphatic heterocycles. The lowest BCUT2D eigenvalue weighted by Gasteiger charge is -2.46. The molecule has 2 fully saturated rings. The quantitative estimate of drug-likeness (QED) is 0.0236. The summed E-state index contributed by atoms with van der Waals surface area (Å²) < 4.78 is 22.5. The Kier molecular flexibility index (Phi) is 34.3. The summed E-state index contributed by atoms with van der Waals surface area (Å²) in [4.78, 5) is 12.8. The number of aliphatic hydroxyl groups is 8. The summed E-state index contributed by atoms with van der Waals surface area (Å²) >= 11 is 0. The molecule has 2 rings (SSSR count). The third-order valence-electron chi connectivity index (χ3n) is 12.6. The van der Waals surface area contributed by atoms with Crippen molar-refractivity contribution in [2.75, 3.05) is 19.8 Å². The standard InChI is InChI=1S/C50H93NO13/c1-3-5-7-8-9-10-11-12-13-14-15-16-17-18-19-20-21-22-23-24-25-26-27-28-29-30-32-33-39(54)38(51-42(55)34-31-6-4-2)37-61-49-47(60)45(58)48(41(36-53)63-49)64-50-46(59)44(57)43(56)40(35-52)62-50/h27-28,32-33,38-41,43-50,52-54,56-60H,3-26,29-31,34-37H2,1-2H3,(H,51,55)/b28-27+,33-32+. The van der Waals surface area contributed by atoms with Gasteiger partial charge in [0.1, 0.15) is 48.8 Å². The van der Waals surface area contributed by atoms with E-state index in [0.717, 1.165) is 25.7 Å². The Morgan fingerprint density at radius 3 is 1.53 bits per heavy atom. The van der Waals surface area contributed by atoms with Crippen LogP contribution in [-0.4, -0.2) is 140 Å². The highest BCUT2D eigenvalue weighted by atomic mass is 16.7. The first-order valence-corrected chi connectivity index (χ1v) is 25.6. The predicted octanol–water partition coefficient (Wildman–Crippen LogP) is 6.55. The van der Waals surface area contributed by atoms with E-state index in [1.807, 2.05) is 13.0 Å². The number of unbranched alkanes of at least 4 members (excludes halogenated alkanes) is 24. The molecule has 0 aromatic carbocycles. The first-order chi connectivity index (χ1) is 31.1. The minimum absolute atomic E-state index is 0.260. The van der Waals surface area contributed by atoms with E-state index < -0.39 is 86.8 Å². The van der Waals surface area contributed by atoms with Gasteiger partial charge in [-0.05, 0) is 32.1 Å². The summed E-state index contributed by atoms with van der Waals surface area (Å²) in [5.74, 6) is -0.274. The van der Waals surface area contributed by atoms with Crippen molar-refractivity contribution in [3.63, 3.8) is 0 Å². The summed E-state index contributed by atoms with van der Waals surface area (Å²) in [6.07, 6.45) is 25.0. The van der Waals surface area contributed by atoms with E-state index in [0.29, 0.717) is 12.8 Å². The summed E-state index contributed by atoms with van der Waals surface area (Å²) in [5.41, 5.74) is 0. The number of nitrogens with one attached hydrogen (secondary N) is 1. The largest absolute Gasteiger partial charge is 0.394 e. The Morgan fingerprint density at radius 1 is 0.547 bits per heavy atom. The average Bonchev–Trinajstić information content (AvgIpc) is 3.29. The van der Waals surface area contributed by atoms with Crippen molar-refractivity contribution in [1.82, 2.24) is 5.32 Å². The molecule has 9 N–H and O–H groups in total. The zero-order valence-corrected chi connectivity index (χ0v) is 39.8. The highest BCUT2D eigenvalue weighted by molar-refractivity contribution is 5.76. The molecule has 0 aromatic rings. The van der Waals surface area contributed by atoms with Crippen LogP contribution >= 0.6 is 0 Å². The van der Waals surface area contributed by atoms with Gasteiger partial charge in [0.25, 0.3) is 0 Å². The second kappa shape index (κ2) is 37.5. The SMILES string of the molecule is CCCCCCCCCCCCCCCCCCCCCCC/C=C/CC/C=C/C(O)C(COC1OC(CO)C(OC2OC(CO)C(O)C(O)C2O)C(O)C1O)NC(=O)CCCCC. The lowest BCUT2D eigenvalue weighted by molar-refractivity contribution is -0.359. The number of hydrogen-bond donors (Lipinski definition) is 9. The number of carbonyl (C=O) groups excluding carboxylic acids is 1. The molecule has 12 unspecified atom stereocenters. The molecule has 2 aliphatic rings. The number of amides is 1. The van der Waals surface area contributed by atoms with Crippen LogP contribution in [0.1, 0.15) is 194 Å². The Labute approximate surface area is 386 Å². The van der Waals surface area contributed by atoms with Gasteiger partial charge in [0.05, 0.1) is 32.0 Å². The molecule has 2 heterocycles. The van der Waals surface area contributed by atoms with Gasteiger partial charge in [-0.25, -0.2) is 0 Å². The summed E-state index contributed by atoms with van der Waals surface area (Å²) in [5, 5.41) is 86.0. The number of hydrogen-bond acceptors (Lipinski definition) is 13. The van der Waals surface area contributed by atoms with E-state index in [-0.39, 0.29) is 18.9 Å². The molecule has 1 amide bonds. The van der Waals surface area contributed by atoms with Gasteiger partial charge < -0.3 is 65.1 Å². The molecule has 2 saturated heterocycles. The Balaban J connectivity index is 1.65. The van der Waals surface area contributed by atoms with Crippen molar-refractivity contribution >= 4 is 5.91 Å².